The van der Waals surface area contributed by atoms with E-state index in [0.29, 0.717) is 6.04 Å². The van der Waals surface area contributed by atoms with E-state index in [2.05, 4.69) is 43.0 Å². The van der Waals surface area contributed by atoms with E-state index in [9.17, 15) is 0 Å². The Labute approximate surface area is 118 Å². The number of hydrogen-bond acceptors (Lipinski definition) is 2. The van der Waals surface area contributed by atoms with Crippen LogP contribution < -0.4 is 5.73 Å². The molecule has 0 saturated carbocycles. The highest BCUT2D eigenvalue weighted by Gasteiger charge is 2.32. The van der Waals surface area contributed by atoms with E-state index in [4.69, 9.17) is 5.73 Å². The zero-order valence-corrected chi connectivity index (χ0v) is 12.4. The van der Waals surface area contributed by atoms with Gasteiger partial charge >= 0.3 is 0 Å². The van der Waals surface area contributed by atoms with Crippen molar-refractivity contribution in [3.05, 3.63) is 35.4 Å². The lowest BCUT2D eigenvalue weighted by molar-refractivity contribution is 0.174. The van der Waals surface area contributed by atoms with Crippen molar-refractivity contribution in [3.63, 3.8) is 0 Å². The number of benzene rings is 1. The van der Waals surface area contributed by atoms with Crippen LogP contribution in [0.25, 0.3) is 0 Å². The molecule has 2 unspecified atom stereocenters. The first-order valence-corrected chi connectivity index (χ1v) is 7.85. The van der Waals surface area contributed by atoms with E-state index >= 15 is 0 Å². The van der Waals surface area contributed by atoms with Gasteiger partial charge < -0.3 is 5.73 Å². The molecule has 2 rings (SSSR count). The van der Waals surface area contributed by atoms with Crippen LogP contribution in [-0.2, 0) is 6.42 Å². The largest absolute Gasteiger partial charge is 0.323 e. The minimum atomic E-state index is 0.199. The molecule has 0 radical (unpaired) electrons. The van der Waals surface area contributed by atoms with E-state index < -0.39 is 0 Å². The summed E-state index contributed by atoms with van der Waals surface area (Å²) >= 11 is 0. The molecule has 0 aliphatic heterocycles. The maximum atomic E-state index is 6.49. The SMILES string of the molecule is CCCCN(CCCC)C1Cc2ccccc2C1N. The molecule has 0 heterocycles. The fraction of sp³-hybridized carbons (Fsp3) is 0.647. The van der Waals surface area contributed by atoms with Gasteiger partial charge in [0.1, 0.15) is 0 Å². The highest BCUT2D eigenvalue weighted by Crippen LogP contribution is 2.32. The molecule has 2 nitrogen and oxygen atoms in total. The van der Waals surface area contributed by atoms with Gasteiger partial charge in [0.05, 0.1) is 0 Å². The van der Waals surface area contributed by atoms with E-state index in [1.807, 2.05) is 0 Å². The number of nitrogens with two attached hydrogens (primary N) is 1. The molecule has 1 aromatic carbocycles. The normalized spacial score (nSPS) is 21.9. The van der Waals surface area contributed by atoms with Gasteiger partial charge in [-0.15, -0.1) is 0 Å². The van der Waals surface area contributed by atoms with Gasteiger partial charge in [0, 0.05) is 12.1 Å². The topological polar surface area (TPSA) is 29.3 Å². The summed E-state index contributed by atoms with van der Waals surface area (Å²) in [5.74, 6) is 0. The number of rotatable bonds is 7. The Bertz CT molecular complexity index is 381. The second kappa shape index (κ2) is 7.06. The van der Waals surface area contributed by atoms with Crippen molar-refractivity contribution in [3.8, 4) is 0 Å². The molecule has 0 bridgehead atoms. The van der Waals surface area contributed by atoms with Gasteiger partial charge in [0.2, 0.25) is 0 Å². The molecule has 0 saturated heterocycles. The minimum absolute atomic E-state index is 0.199. The van der Waals surface area contributed by atoms with Crippen molar-refractivity contribution in [2.75, 3.05) is 13.1 Å². The first kappa shape index (κ1) is 14.5. The van der Waals surface area contributed by atoms with Crippen LogP contribution in [0.5, 0.6) is 0 Å². The first-order chi connectivity index (χ1) is 9.27. The van der Waals surface area contributed by atoms with Crippen molar-refractivity contribution in [1.29, 1.82) is 0 Å². The zero-order chi connectivity index (χ0) is 13.7. The van der Waals surface area contributed by atoms with E-state index in [0.717, 1.165) is 6.42 Å². The van der Waals surface area contributed by atoms with Gasteiger partial charge in [-0.1, -0.05) is 51.0 Å². The molecule has 0 aromatic heterocycles. The molecule has 1 aromatic rings. The molecule has 0 amide bonds. The molecular formula is C17H28N2. The second-order valence-corrected chi connectivity index (χ2v) is 5.74. The smallest absolute Gasteiger partial charge is 0.0459 e. The van der Waals surface area contributed by atoms with Crippen molar-refractivity contribution in [2.24, 2.45) is 5.73 Å². The van der Waals surface area contributed by atoms with E-state index in [1.165, 1.54) is 49.9 Å². The summed E-state index contributed by atoms with van der Waals surface area (Å²) in [6.07, 6.45) is 6.21. The fourth-order valence-corrected chi connectivity index (χ4v) is 3.13. The lowest BCUT2D eigenvalue weighted by Crippen LogP contribution is -2.42. The zero-order valence-electron chi connectivity index (χ0n) is 12.4. The first-order valence-electron chi connectivity index (χ1n) is 7.85. The van der Waals surface area contributed by atoms with E-state index in [-0.39, 0.29) is 6.04 Å². The molecule has 2 heteroatoms. The van der Waals surface area contributed by atoms with Gasteiger partial charge in [-0.3, -0.25) is 4.90 Å². The quantitative estimate of drug-likeness (QED) is 0.813. The van der Waals surface area contributed by atoms with Crippen molar-refractivity contribution < 1.29 is 0 Å². The van der Waals surface area contributed by atoms with Crippen LogP contribution in [0.15, 0.2) is 24.3 Å². The van der Waals surface area contributed by atoms with Gasteiger partial charge in [0.25, 0.3) is 0 Å². The predicted molar refractivity (Wildman–Crippen MR) is 82.3 cm³/mol. The second-order valence-electron chi connectivity index (χ2n) is 5.74. The van der Waals surface area contributed by atoms with Gasteiger partial charge in [-0.05, 0) is 43.5 Å². The molecular weight excluding hydrogens is 232 g/mol. The Hall–Kier alpha value is -0.860. The molecule has 1 aliphatic carbocycles. The molecule has 106 valence electrons. The standard InChI is InChI=1S/C17H28N2/c1-3-5-11-19(12-6-4-2)16-13-14-9-7-8-10-15(14)17(16)18/h7-10,16-17H,3-6,11-13,18H2,1-2H3. The van der Waals surface area contributed by atoms with Crippen LogP contribution in [0.4, 0.5) is 0 Å². The maximum Gasteiger partial charge on any atom is 0.0459 e. The molecule has 2 atom stereocenters. The number of nitrogens with zero attached hydrogens (tertiary/aromatic N) is 1. The van der Waals surface area contributed by atoms with Crippen LogP contribution in [0.3, 0.4) is 0 Å². The van der Waals surface area contributed by atoms with Gasteiger partial charge in [-0.2, -0.15) is 0 Å². The third-order valence-corrected chi connectivity index (χ3v) is 4.32. The Kier molecular flexibility index (Phi) is 5.41. The number of fused-ring (bicyclic) bond motifs is 1. The average molecular weight is 260 g/mol. The highest BCUT2D eigenvalue weighted by molar-refractivity contribution is 5.36. The predicted octanol–water partition coefficient (Wildman–Crippen LogP) is 3.51. The molecule has 0 spiro atoms. The molecule has 19 heavy (non-hydrogen) atoms. The van der Waals surface area contributed by atoms with Crippen LogP contribution in [0.1, 0.15) is 56.7 Å². The van der Waals surface area contributed by atoms with Crippen molar-refractivity contribution >= 4 is 0 Å². The van der Waals surface area contributed by atoms with E-state index in [1.54, 1.807) is 0 Å². The molecule has 1 aliphatic rings. The van der Waals surface area contributed by atoms with Gasteiger partial charge in [0.15, 0.2) is 0 Å². The Morgan fingerprint density at radius 2 is 1.74 bits per heavy atom. The van der Waals surface area contributed by atoms with Crippen LogP contribution in [0, 0.1) is 0 Å². The maximum absolute atomic E-state index is 6.49. The summed E-state index contributed by atoms with van der Waals surface area (Å²) in [6, 6.07) is 9.41. The van der Waals surface area contributed by atoms with Crippen LogP contribution in [-0.4, -0.2) is 24.0 Å². The van der Waals surface area contributed by atoms with Gasteiger partial charge in [-0.25, -0.2) is 0 Å². The fourth-order valence-electron chi connectivity index (χ4n) is 3.13. The third kappa shape index (κ3) is 3.37. The summed E-state index contributed by atoms with van der Waals surface area (Å²) in [4.78, 5) is 2.64. The molecule has 0 fully saturated rings. The Balaban J connectivity index is 2.06. The lowest BCUT2D eigenvalue weighted by atomic mass is 10.1. The summed E-state index contributed by atoms with van der Waals surface area (Å²) in [6.45, 7) is 6.92. The molecule has 2 N–H and O–H groups in total. The minimum Gasteiger partial charge on any atom is -0.323 e. The Morgan fingerprint density at radius 3 is 2.32 bits per heavy atom. The van der Waals surface area contributed by atoms with Crippen LogP contribution >= 0.6 is 0 Å². The Morgan fingerprint density at radius 1 is 1.11 bits per heavy atom. The lowest BCUT2D eigenvalue weighted by Gasteiger charge is -2.31. The summed E-state index contributed by atoms with van der Waals surface area (Å²) in [5.41, 5.74) is 9.32. The number of hydrogen-bond donors (Lipinski definition) is 1. The number of unbranched alkanes of at least 4 members (excludes halogenated alkanes) is 2. The van der Waals surface area contributed by atoms with Crippen molar-refractivity contribution in [2.45, 2.75) is 58.0 Å². The average Bonchev–Trinajstić information content (AvgIpc) is 2.77. The summed E-state index contributed by atoms with van der Waals surface area (Å²) in [7, 11) is 0. The van der Waals surface area contributed by atoms with Crippen LogP contribution in [0.2, 0.25) is 0 Å². The summed E-state index contributed by atoms with van der Waals surface area (Å²) < 4.78 is 0. The summed E-state index contributed by atoms with van der Waals surface area (Å²) in [5, 5.41) is 0. The third-order valence-electron chi connectivity index (χ3n) is 4.32. The highest BCUT2D eigenvalue weighted by atomic mass is 15.2. The monoisotopic (exact) mass is 260 g/mol. The van der Waals surface area contributed by atoms with Crippen molar-refractivity contribution in [1.82, 2.24) is 4.90 Å².